The number of carbonyl (C=O) groups excluding carboxylic acids is 1. The van der Waals surface area contributed by atoms with Crippen molar-refractivity contribution >= 4 is 12.0 Å². The molecule has 3 aliphatic carbocycles. The van der Waals surface area contributed by atoms with Gasteiger partial charge in [0, 0.05) is 16.7 Å². The lowest BCUT2D eigenvalue weighted by Gasteiger charge is -2.42. The number of aldehydes is 1. The Morgan fingerprint density at radius 3 is 2.46 bits per heavy atom. The molecule has 3 nitrogen and oxygen atoms in total. The lowest BCUT2D eigenvalue weighted by Crippen LogP contribution is -2.45. The fourth-order valence-corrected chi connectivity index (χ4v) is 4.95. The van der Waals surface area contributed by atoms with Gasteiger partial charge in [0.05, 0.1) is 0 Å². The van der Waals surface area contributed by atoms with E-state index in [1.165, 1.54) is 30.4 Å². The van der Waals surface area contributed by atoms with Crippen molar-refractivity contribution in [3.63, 3.8) is 0 Å². The highest BCUT2D eigenvalue weighted by atomic mass is 16.3. The normalized spacial score (nSPS) is 33.5. The summed E-state index contributed by atoms with van der Waals surface area (Å²) in [5.41, 5.74) is 3.84. The van der Waals surface area contributed by atoms with E-state index < -0.39 is 6.23 Å². The second-order valence-corrected chi connectivity index (χ2v) is 8.69. The molecule has 0 heterocycles. The first kappa shape index (κ1) is 15.9. The van der Waals surface area contributed by atoms with Crippen molar-refractivity contribution in [3.8, 4) is 0 Å². The molecule has 4 unspecified atom stereocenters. The number of aliphatic hydroxyl groups excluding tert-OH is 1. The van der Waals surface area contributed by atoms with E-state index in [4.69, 9.17) is 0 Å². The number of hydrogen-bond donors (Lipinski definition) is 2. The topological polar surface area (TPSA) is 49.3 Å². The van der Waals surface area contributed by atoms with E-state index in [1.807, 2.05) is 0 Å². The van der Waals surface area contributed by atoms with Crippen molar-refractivity contribution in [1.82, 2.24) is 0 Å². The number of fused-ring (bicyclic) bond motifs is 5. The van der Waals surface area contributed by atoms with Crippen LogP contribution in [-0.2, 0) is 0 Å². The molecule has 0 aromatic heterocycles. The Labute approximate surface area is 144 Å². The summed E-state index contributed by atoms with van der Waals surface area (Å²) < 4.78 is 0. The summed E-state index contributed by atoms with van der Waals surface area (Å²) in [6.45, 7) is 6.42. The van der Waals surface area contributed by atoms with Crippen LogP contribution in [0, 0.1) is 10.8 Å². The summed E-state index contributed by atoms with van der Waals surface area (Å²) in [6.07, 6.45) is 9.12. The minimum atomic E-state index is -0.696. The fourth-order valence-electron chi connectivity index (χ4n) is 4.95. The van der Waals surface area contributed by atoms with Gasteiger partial charge >= 0.3 is 0 Å². The second-order valence-electron chi connectivity index (χ2n) is 8.69. The zero-order valence-electron chi connectivity index (χ0n) is 14.8. The van der Waals surface area contributed by atoms with Gasteiger partial charge in [-0.05, 0) is 66.2 Å². The minimum Gasteiger partial charge on any atom is -0.373 e. The zero-order valence-corrected chi connectivity index (χ0v) is 14.8. The monoisotopic (exact) mass is 325 g/mol. The summed E-state index contributed by atoms with van der Waals surface area (Å²) in [5.74, 6) is 1.28. The van der Waals surface area contributed by atoms with Crippen LogP contribution in [-0.4, -0.2) is 17.6 Å². The summed E-state index contributed by atoms with van der Waals surface area (Å²) in [4.78, 5) is 11.6. The third kappa shape index (κ3) is 2.10. The Morgan fingerprint density at radius 1 is 1.21 bits per heavy atom. The van der Waals surface area contributed by atoms with Crippen LogP contribution in [0.4, 0.5) is 5.69 Å². The molecule has 0 aliphatic heterocycles. The molecule has 2 bridgehead atoms. The smallest absolute Gasteiger partial charge is 0.152 e. The van der Waals surface area contributed by atoms with E-state index >= 15 is 0 Å². The van der Waals surface area contributed by atoms with Gasteiger partial charge in [0.25, 0.3) is 0 Å². The Balaban J connectivity index is 1.66. The zero-order chi connectivity index (χ0) is 17.1. The molecule has 1 saturated carbocycles. The predicted molar refractivity (Wildman–Crippen MR) is 96.4 cm³/mol. The van der Waals surface area contributed by atoms with E-state index in [9.17, 15) is 9.90 Å². The van der Waals surface area contributed by atoms with Crippen molar-refractivity contribution in [2.75, 3.05) is 5.32 Å². The molecule has 24 heavy (non-hydrogen) atoms. The third-order valence-electron chi connectivity index (χ3n) is 7.14. The van der Waals surface area contributed by atoms with Crippen LogP contribution in [0.15, 0.2) is 24.3 Å². The molecule has 3 aliphatic rings. The lowest BCUT2D eigenvalue weighted by atomic mass is 9.67. The number of allylic oxidation sites excluding steroid dienone is 2. The largest absolute Gasteiger partial charge is 0.373 e. The Hall–Kier alpha value is -1.61. The summed E-state index contributed by atoms with van der Waals surface area (Å²) in [5, 5.41) is 14.2. The number of nitrogens with one attached hydrogen (secondary N) is 1. The van der Waals surface area contributed by atoms with Gasteiger partial charge in [-0.25, -0.2) is 0 Å². The maximum Gasteiger partial charge on any atom is 0.152 e. The van der Waals surface area contributed by atoms with Gasteiger partial charge in [0.2, 0.25) is 0 Å². The maximum absolute atomic E-state index is 11.6. The van der Waals surface area contributed by atoms with Gasteiger partial charge in [-0.15, -0.1) is 0 Å². The molecule has 0 saturated heterocycles. The molecule has 0 radical (unpaired) electrons. The van der Waals surface area contributed by atoms with E-state index in [2.05, 4.69) is 50.4 Å². The quantitative estimate of drug-likeness (QED) is 0.484. The van der Waals surface area contributed by atoms with Gasteiger partial charge in [0.1, 0.15) is 6.23 Å². The average Bonchev–Trinajstić information content (AvgIpc) is 3.21. The molecule has 4 atom stereocenters. The fraction of sp³-hybridized carbons (Fsp3) is 0.571. The van der Waals surface area contributed by atoms with Gasteiger partial charge < -0.3 is 10.4 Å². The number of hydrogen-bond acceptors (Lipinski definition) is 3. The van der Waals surface area contributed by atoms with Gasteiger partial charge in [0.15, 0.2) is 6.29 Å². The van der Waals surface area contributed by atoms with E-state index in [1.54, 1.807) is 0 Å². The van der Waals surface area contributed by atoms with Crippen molar-refractivity contribution in [3.05, 3.63) is 41.0 Å². The maximum atomic E-state index is 11.6. The molecule has 0 amide bonds. The molecule has 2 N–H and O–H groups in total. The molecule has 0 spiro atoms. The first-order valence-corrected chi connectivity index (χ1v) is 9.11. The number of anilines is 1. The summed E-state index contributed by atoms with van der Waals surface area (Å²) >= 11 is 0. The van der Waals surface area contributed by atoms with E-state index in [0.29, 0.717) is 17.4 Å². The van der Waals surface area contributed by atoms with Crippen LogP contribution in [0.2, 0.25) is 0 Å². The van der Waals surface area contributed by atoms with Crippen LogP contribution < -0.4 is 5.32 Å². The van der Waals surface area contributed by atoms with Crippen molar-refractivity contribution in [1.29, 1.82) is 0 Å². The van der Waals surface area contributed by atoms with E-state index in [-0.39, 0.29) is 10.8 Å². The van der Waals surface area contributed by atoms with Crippen LogP contribution in [0.1, 0.15) is 79.8 Å². The van der Waals surface area contributed by atoms with Gasteiger partial charge in [-0.1, -0.05) is 32.9 Å². The first-order valence-electron chi connectivity index (χ1n) is 9.11. The van der Waals surface area contributed by atoms with E-state index in [0.717, 1.165) is 18.4 Å². The number of carbonyl (C=O) groups is 1. The summed E-state index contributed by atoms with van der Waals surface area (Å²) in [6, 6.07) is 4.19. The molecule has 4 rings (SSSR count). The Kier molecular flexibility index (Phi) is 3.44. The number of rotatable bonds is 4. The van der Waals surface area contributed by atoms with Crippen LogP contribution in [0.25, 0.3) is 0 Å². The molecular formula is C21H27NO2. The summed E-state index contributed by atoms with van der Waals surface area (Å²) in [7, 11) is 0. The third-order valence-corrected chi connectivity index (χ3v) is 7.14. The van der Waals surface area contributed by atoms with Crippen LogP contribution >= 0.6 is 0 Å². The van der Waals surface area contributed by atoms with Crippen LogP contribution in [0.3, 0.4) is 0 Å². The second kappa shape index (κ2) is 5.19. The molecule has 3 heteroatoms. The van der Waals surface area contributed by atoms with Crippen molar-refractivity contribution in [2.45, 2.75) is 64.5 Å². The number of benzene rings is 1. The minimum absolute atomic E-state index is 0.0868. The standard InChI is InChI=1S/C21H27NO2/c1-20(2)7-4-8-21(20,3)19(24)22-18-11-17-14-6-5-13(9-14)16(17)10-15(18)12-23/h4,7,10-14,19,22,24H,5-6,8-9H2,1-3H3. The Morgan fingerprint density at radius 2 is 1.88 bits per heavy atom. The predicted octanol–water partition coefficient (Wildman–Crippen LogP) is 4.59. The molecule has 1 fully saturated rings. The molecule has 1 aromatic rings. The highest BCUT2D eigenvalue weighted by Crippen LogP contribution is 2.54. The van der Waals surface area contributed by atoms with Crippen molar-refractivity contribution < 1.29 is 9.90 Å². The highest BCUT2D eigenvalue weighted by Gasteiger charge is 2.47. The molecule has 1 aromatic carbocycles. The average molecular weight is 325 g/mol. The van der Waals surface area contributed by atoms with Gasteiger partial charge in [-0.2, -0.15) is 0 Å². The SMILES string of the molecule is CC1(C)C=CCC1(C)C(O)Nc1cc2c(cc1C=O)C1CCC2C1. The lowest BCUT2D eigenvalue weighted by molar-refractivity contribution is 0.00171. The number of aliphatic hydroxyl groups is 1. The van der Waals surface area contributed by atoms with Crippen LogP contribution in [0.5, 0.6) is 0 Å². The molecular weight excluding hydrogens is 298 g/mol. The Bertz CT molecular complexity index is 721. The van der Waals surface area contributed by atoms with Gasteiger partial charge in [-0.3, -0.25) is 4.79 Å². The molecule has 128 valence electrons. The highest BCUT2D eigenvalue weighted by molar-refractivity contribution is 5.85. The van der Waals surface area contributed by atoms with Crippen molar-refractivity contribution in [2.24, 2.45) is 10.8 Å². The first-order chi connectivity index (χ1) is 11.4.